The first-order valence-corrected chi connectivity index (χ1v) is 6.98. The summed E-state index contributed by atoms with van der Waals surface area (Å²) in [5.41, 5.74) is 1.38. The summed E-state index contributed by atoms with van der Waals surface area (Å²) in [4.78, 5) is 4.19. The molecule has 0 radical (unpaired) electrons. The van der Waals surface area contributed by atoms with Crippen LogP contribution in [0.1, 0.15) is 36.0 Å². The van der Waals surface area contributed by atoms with Crippen LogP contribution in [-0.4, -0.2) is 11.0 Å². The molecule has 1 aromatic heterocycles. The van der Waals surface area contributed by atoms with E-state index in [0.29, 0.717) is 18.5 Å². The van der Waals surface area contributed by atoms with Gasteiger partial charge in [-0.3, -0.25) is 0 Å². The molecule has 2 aromatic rings. The SMILES string of the molecule is Cc1cnc(CNC2CC(c3ccc(Cl)cc3)C2)o1. The van der Waals surface area contributed by atoms with Crippen molar-refractivity contribution < 1.29 is 4.42 Å². The second kappa shape index (κ2) is 5.35. The molecule has 4 heteroatoms. The van der Waals surface area contributed by atoms with Crippen LogP contribution in [-0.2, 0) is 6.54 Å². The molecule has 0 aliphatic heterocycles. The predicted molar refractivity (Wildman–Crippen MR) is 75.3 cm³/mol. The van der Waals surface area contributed by atoms with Crippen molar-refractivity contribution in [1.29, 1.82) is 0 Å². The molecule has 100 valence electrons. The quantitative estimate of drug-likeness (QED) is 0.926. The molecular weight excluding hydrogens is 260 g/mol. The van der Waals surface area contributed by atoms with Gasteiger partial charge < -0.3 is 9.73 Å². The lowest BCUT2D eigenvalue weighted by atomic mass is 9.76. The number of halogens is 1. The first kappa shape index (κ1) is 12.7. The number of rotatable bonds is 4. The van der Waals surface area contributed by atoms with Gasteiger partial charge >= 0.3 is 0 Å². The van der Waals surface area contributed by atoms with Gasteiger partial charge in [0.25, 0.3) is 0 Å². The number of oxazole rings is 1. The summed E-state index contributed by atoms with van der Waals surface area (Å²) in [6.45, 7) is 2.63. The zero-order chi connectivity index (χ0) is 13.2. The summed E-state index contributed by atoms with van der Waals surface area (Å²) in [6, 6.07) is 8.75. The van der Waals surface area contributed by atoms with Crippen molar-refractivity contribution in [2.45, 2.75) is 38.3 Å². The Kier molecular flexibility index (Phi) is 3.58. The van der Waals surface area contributed by atoms with Crippen LogP contribution < -0.4 is 5.32 Å². The van der Waals surface area contributed by atoms with Crippen LogP contribution in [0.3, 0.4) is 0 Å². The van der Waals surface area contributed by atoms with E-state index < -0.39 is 0 Å². The topological polar surface area (TPSA) is 38.1 Å². The second-order valence-corrected chi connectivity index (χ2v) is 5.60. The number of aryl methyl sites for hydroxylation is 1. The Bertz CT molecular complexity index is 544. The lowest BCUT2D eigenvalue weighted by Crippen LogP contribution is -2.39. The summed E-state index contributed by atoms with van der Waals surface area (Å²) >= 11 is 5.90. The summed E-state index contributed by atoms with van der Waals surface area (Å²) in [5, 5.41) is 4.28. The maximum absolute atomic E-state index is 5.90. The van der Waals surface area contributed by atoms with E-state index >= 15 is 0 Å². The molecular formula is C15H17ClN2O. The van der Waals surface area contributed by atoms with Crippen LogP contribution in [0.15, 0.2) is 34.9 Å². The third kappa shape index (κ3) is 2.99. The van der Waals surface area contributed by atoms with Gasteiger partial charge in [-0.25, -0.2) is 4.98 Å². The third-order valence-electron chi connectivity index (χ3n) is 3.69. The maximum Gasteiger partial charge on any atom is 0.208 e. The van der Waals surface area contributed by atoms with E-state index in [0.717, 1.165) is 16.7 Å². The van der Waals surface area contributed by atoms with Crippen molar-refractivity contribution in [2.75, 3.05) is 0 Å². The zero-order valence-electron chi connectivity index (χ0n) is 10.9. The van der Waals surface area contributed by atoms with Crippen molar-refractivity contribution >= 4 is 11.6 Å². The molecule has 1 N–H and O–H groups in total. The monoisotopic (exact) mass is 276 g/mol. The van der Waals surface area contributed by atoms with Gasteiger partial charge in [0.1, 0.15) is 5.76 Å². The summed E-state index contributed by atoms with van der Waals surface area (Å²) in [7, 11) is 0. The highest BCUT2D eigenvalue weighted by atomic mass is 35.5. The van der Waals surface area contributed by atoms with Gasteiger partial charge in [0, 0.05) is 11.1 Å². The molecule has 3 nitrogen and oxygen atoms in total. The zero-order valence-corrected chi connectivity index (χ0v) is 11.7. The lowest BCUT2D eigenvalue weighted by Gasteiger charge is -2.36. The molecule has 3 rings (SSSR count). The average Bonchev–Trinajstić information content (AvgIpc) is 2.75. The molecule has 1 aromatic carbocycles. The van der Waals surface area contributed by atoms with Crippen LogP contribution in [0.25, 0.3) is 0 Å². The molecule has 0 unspecified atom stereocenters. The van der Waals surface area contributed by atoms with Crippen molar-refractivity contribution in [3.8, 4) is 0 Å². The Morgan fingerprint density at radius 3 is 2.68 bits per heavy atom. The molecule has 0 spiro atoms. The minimum absolute atomic E-state index is 0.563. The van der Waals surface area contributed by atoms with E-state index in [9.17, 15) is 0 Å². The highest BCUT2D eigenvalue weighted by Gasteiger charge is 2.29. The average molecular weight is 277 g/mol. The Labute approximate surface area is 118 Å². The van der Waals surface area contributed by atoms with Gasteiger partial charge in [0.15, 0.2) is 0 Å². The summed E-state index contributed by atoms with van der Waals surface area (Å²) in [6.07, 6.45) is 4.09. The van der Waals surface area contributed by atoms with Gasteiger partial charge in [-0.2, -0.15) is 0 Å². The second-order valence-electron chi connectivity index (χ2n) is 5.16. The fourth-order valence-corrected chi connectivity index (χ4v) is 2.63. The minimum atomic E-state index is 0.563. The van der Waals surface area contributed by atoms with E-state index in [1.54, 1.807) is 6.20 Å². The molecule has 1 aliphatic rings. The van der Waals surface area contributed by atoms with Crippen molar-refractivity contribution in [2.24, 2.45) is 0 Å². The first-order chi connectivity index (χ1) is 9.20. The molecule has 0 atom stereocenters. The Morgan fingerprint density at radius 2 is 2.05 bits per heavy atom. The van der Waals surface area contributed by atoms with Crippen LogP contribution in [0.5, 0.6) is 0 Å². The van der Waals surface area contributed by atoms with E-state index in [2.05, 4.69) is 22.4 Å². The van der Waals surface area contributed by atoms with E-state index in [4.69, 9.17) is 16.0 Å². The van der Waals surface area contributed by atoms with Crippen LogP contribution in [0.4, 0.5) is 0 Å². The Hall–Kier alpha value is -1.32. The smallest absolute Gasteiger partial charge is 0.208 e. The molecule has 19 heavy (non-hydrogen) atoms. The van der Waals surface area contributed by atoms with Gasteiger partial charge in [-0.05, 0) is 43.4 Å². The van der Waals surface area contributed by atoms with Gasteiger partial charge in [0.2, 0.25) is 5.89 Å². The van der Waals surface area contributed by atoms with Gasteiger partial charge in [-0.15, -0.1) is 0 Å². The number of hydrogen-bond donors (Lipinski definition) is 1. The van der Waals surface area contributed by atoms with E-state index in [1.807, 2.05) is 19.1 Å². The van der Waals surface area contributed by atoms with Crippen LogP contribution in [0, 0.1) is 6.92 Å². The van der Waals surface area contributed by atoms with Gasteiger partial charge in [0.05, 0.1) is 12.7 Å². The number of aromatic nitrogens is 1. The molecule has 1 saturated carbocycles. The molecule has 0 amide bonds. The van der Waals surface area contributed by atoms with Crippen LogP contribution >= 0.6 is 11.6 Å². The standard InChI is InChI=1S/C15H17ClN2O/c1-10-8-18-15(19-10)9-17-14-6-12(7-14)11-2-4-13(16)5-3-11/h2-5,8,12,14,17H,6-7,9H2,1H3. The Morgan fingerprint density at radius 1 is 1.32 bits per heavy atom. The van der Waals surface area contributed by atoms with Crippen molar-refractivity contribution in [1.82, 2.24) is 10.3 Å². The summed E-state index contributed by atoms with van der Waals surface area (Å²) < 4.78 is 5.44. The normalized spacial score (nSPS) is 22.2. The molecule has 0 bridgehead atoms. The van der Waals surface area contributed by atoms with E-state index in [-0.39, 0.29) is 0 Å². The van der Waals surface area contributed by atoms with Crippen LogP contribution in [0.2, 0.25) is 5.02 Å². The molecule has 1 fully saturated rings. The number of nitrogens with one attached hydrogen (secondary N) is 1. The summed E-state index contributed by atoms with van der Waals surface area (Å²) in [5.74, 6) is 2.29. The number of benzene rings is 1. The molecule has 0 saturated heterocycles. The minimum Gasteiger partial charge on any atom is -0.445 e. The Balaban J connectivity index is 1.46. The highest BCUT2D eigenvalue weighted by molar-refractivity contribution is 6.30. The fraction of sp³-hybridized carbons (Fsp3) is 0.400. The number of hydrogen-bond acceptors (Lipinski definition) is 3. The fourth-order valence-electron chi connectivity index (χ4n) is 2.51. The highest BCUT2D eigenvalue weighted by Crippen LogP contribution is 2.37. The van der Waals surface area contributed by atoms with Gasteiger partial charge in [-0.1, -0.05) is 23.7 Å². The van der Waals surface area contributed by atoms with Crippen molar-refractivity contribution in [3.05, 3.63) is 52.7 Å². The maximum atomic E-state index is 5.90. The predicted octanol–water partition coefficient (Wildman–Crippen LogP) is 3.67. The number of nitrogens with zero attached hydrogens (tertiary/aromatic N) is 1. The van der Waals surface area contributed by atoms with Crippen molar-refractivity contribution in [3.63, 3.8) is 0 Å². The molecule has 1 aliphatic carbocycles. The molecule has 1 heterocycles. The third-order valence-corrected chi connectivity index (χ3v) is 3.94. The lowest BCUT2D eigenvalue weighted by molar-refractivity contribution is 0.279. The van der Waals surface area contributed by atoms with E-state index in [1.165, 1.54) is 18.4 Å². The largest absolute Gasteiger partial charge is 0.445 e. The first-order valence-electron chi connectivity index (χ1n) is 6.61.